The Morgan fingerprint density at radius 2 is 1.21 bits per heavy atom. The van der Waals surface area contributed by atoms with E-state index in [9.17, 15) is 4.79 Å². The van der Waals surface area contributed by atoms with Crippen molar-refractivity contribution in [2.24, 2.45) is 4.99 Å². The average Bonchev–Trinajstić information content (AvgIpc) is 3.31. The zero-order valence-electron chi connectivity index (χ0n) is 23.4. The maximum atomic E-state index is 12.5. The van der Waals surface area contributed by atoms with E-state index >= 15 is 0 Å². The van der Waals surface area contributed by atoms with Crippen LogP contribution in [-0.4, -0.2) is 35.9 Å². The second-order valence-electron chi connectivity index (χ2n) is 10.5. The molecule has 1 heterocycles. The van der Waals surface area contributed by atoms with Crippen molar-refractivity contribution >= 4 is 11.7 Å². The monoisotopic (exact) mass is 477 g/mol. The van der Waals surface area contributed by atoms with Crippen LogP contribution in [0.2, 0.25) is 0 Å². The van der Waals surface area contributed by atoms with E-state index in [2.05, 4.69) is 31.0 Å². The van der Waals surface area contributed by atoms with E-state index in [0.717, 1.165) is 32.4 Å². The van der Waals surface area contributed by atoms with Crippen molar-refractivity contribution in [3.05, 3.63) is 0 Å². The van der Waals surface area contributed by atoms with Crippen molar-refractivity contribution in [2.75, 3.05) is 13.1 Å². The summed E-state index contributed by atoms with van der Waals surface area (Å²) >= 11 is 0. The molecule has 1 amide bonds. The highest BCUT2D eigenvalue weighted by Crippen LogP contribution is 2.16. The van der Waals surface area contributed by atoms with Gasteiger partial charge in [-0.2, -0.15) is 0 Å². The van der Waals surface area contributed by atoms with E-state index in [-0.39, 0.29) is 12.1 Å². The van der Waals surface area contributed by atoms with Crippen LogP contribution >= 0.6 is 0 Å². The minimum Gasteiger partial charge on any atom is -0.338 e. The average molecular weight is 478 g/mol. The van der Waals surface area contributed by atoms with Crippen LogP contribution in [0.3, 0.4) is 0 Å². The largest absolute Gasteiger partial charge is 0.338 e. The van der Waals surface area contributed by atoms with Crippen LogP contribution in [0, 0.1) is 0 Å². The second kappa shape index (κ2) is 22.4. The number of amidine groups is 1. The van der Waals surface area contributed by atoms with Crippen molar-refractivity contribution in [1.82, 2.24) is 10.2 Å². The molecule has 0 saturated carbocycles. The highest BCUT2D eigenvalue weighted by Gasteiger charge is 2.24. The molecule has 1 N–H and O–H groups in total. The summed E-state index contributed by atoms with van der Waals surface area (Å²) in [5.41, 5.74) is 0. The molecule has 0 radical (unpaired) electrons. The summed E-state index contributed by atoms with van der Waals surface area (Å²) in [6.07, 6.45) is 28.1. The van der Waals surface area contributed by atoms with Gasteiger partial charge in [-0.1, -0.05) is 130 Å². The Morgan fingerprint density at radius 3 is 1.71 bits per heavy atom. The molecule has 0 aliphatic carbocycles. The molecule has 34 heavy (non-hydrogen) atoms. The lowest BCUT2D eigenvalue weighted by Crippen LogP contribution is -2.49. The smallest absolute Gasteiger partial charge is 0.221 e. The summed E-state index contributed by atoms with van der Waals surface area (Å²) in [6.45, 7) is 8.58. The van der Waals surface area contributed by atoms with Crippen molar-refractivity contribution in [3.63, 3.8) is 0 Å². The molecule has 1 atom stereocenters. The fourth-order valence-electron chi connectivity index (χ4n) is 5.09. The van der Waals surface area contributed by atoms with E-state index in [1.165, 1.54) is 121 Å². The number of carbonyl (C=O) groups excluding carboxylic acids is 1. The van der Waals surface area contributed by atoms with E-state index in [1.807, 2.05) is 0 Å². The van der Waals surface area contributed by atoms with Gasteiger partial charge in [0, 0.05) is 19.4 Å². The summed E-state index contributed by atoms with van der Waals surface area (Å²) in [4.78, 5) is 19.7. The first-order valence-corrected chi connectivity index (χ1v) is 15.3. The molecule has 1 unspecified atom stereocenters. The van der Waals surface area contributed by atoms with Gasteiger partial charge in [0.2, 0.25) is 5.91 Å². The quantitative estimate of drug-likeness (QED) is 0.141. The summed E-state index contributed by atoms with van der Waals surface area (Å²) in [6, 6.07) is 0. The molecule has 4 heteroatoms. The van der Waals surface area contributed by atoms with Crippen LogP contribution in [0.25, 0.3) is 0 Å². The Labute approximate surface area is 213 Å². The third-order valence-corrected chi connectivity index (χ3v) is 7.32. The molecule has 0 aromatic heterocycles. The molecule has 0 aromatic rings. The van der Waals surface area contributed by atoms with Gasteiger partial charge in [-0.05, 0) is 19.3 Å². The Kier molecular flexibility index (Phi) is 20.4. The third-order valence-electron chi connectivity index (χ3n) is 7.32. The molecule has 1 rings (SSSR count). The maximum Gasteiger partial charge on any atom is 0.221 e. The first kappa shape index (κ1) is 31.0. The van der Waals surface area contributed by atoms with Gasteiger partial charge in [-0.3, -0.25) is 9.79 Å². The SMILES string of the molecule is CCCCCCCCCCCCC1=NCCN1C(CC)NC(=O)CCCCCCCCCCC. The Morgan fingerprint density at radius 1 is 0.735 bits per heavy atom. The van der Waals surface area contributed by atoms with Gasteiger partial charge in [0.15, 0.2) is 0 Å². The molecule has 0 saturated heterocycles. The zero-order chi connectivity index (χ0) is 24.7. The lowest BCUT2D eigenvalue weighted by molar-refractivity contribution is -0.122. The molecule has 1 aliphatic rings. The van der Waals surface area contributed by atoms with Gasteiger partial charge < -0.3 is 10.2 Å². The number of hydrogen-bond donors (Lipinski definition) is 1. The van der Waals surface area contributed by atoms with Crippen molar-refractivity contribution in [2.45, 2.75) is 168 Å². The molecule has 200 valence electrons. The fraction of sp³-hybridized carbons (Fsp3) is 0.933. The molecule has 0 aromatic carbocycles. The van der Waals surface area contributed by atoms with Crippen molar-refractivity contribution in [3.8, 4) is 0 Å². The van der Waals surface area contributed by atoms with E-state index in [4.69, 9.17) is 4.99 Å². The Bertz CT molecular complexity index is 505. The van der Waals surface area contributed by atoms with Crippen LogP contribution in [0.4, 0.5) is 0 Å². The molecule has 0 spiro atoms. The van der Waals surface area contributed by atoms with Crippen LogP contribution in [0.15, 0.2) is 4.99 Å². The van der Waals surface area contributed by atoms with Crippen LogP contribution < -0.4 is 5.32 Å². The Balaban J connectivity index is 2.12. The summed E-state index contributed by atoms with van der Waals surface area (Å²) in [5, 5.41) is 3.31. The van der Waals surface area contributed by atoms with Gasteiger partial charge in [-0.15, -0.1) is 0 Å². The number of hydrogen-bond acceptors (Lipinski definition) is 3. The summed E-state index contributed by atoms with van der Waals surface area (Å²) < 4.78 is 0. The van der Waals surface area contributed by atoms with Gasteiger partial charge in [0.05, 0.1) is 6.54 Å². The highest BCUT2D eigenvalue weighted by atomic mass is 16.1. The fourth-order valence-corrected chi connectivity index (χ4v) is 5.09. The maximum absolute atomic E-state index is 12.5. The first-order chi connectivity index (χ1) is 16.7. The van der Waals surface area contributed by atoms with Crippen molar-refractivity contribution < 1.29 is 4.79 Å². The molecular weight excluding hydrogens is 418 g/mol. The van der Waals surface area contributed by atoms with Gasteiger partial charge in [0.1, 0.15) is 12.0 Å². The zero-order valence-corrected chi connectivity index (χ0v) is 23.4. The lowest BCUT2D eigenvalue weighted by Gasteiger charge is -2.30. The number of aliphatic imine (C=N–C) groups is 1. The molecular formula is C30H59N3O. The normalized spacial score (nSPS) is 14.4. The molecule has 0 fully saturated rings. The number of nitrogens with one attached hydrogen (secondary N) is 1. The van der Waals surface area contributed by atoms with E-state index in [1.54, 1.807) is 0 Å². The van der Waals surface area contributed by atoms with Crippen LogP contribution in [0.5, 0.6) is 0 Å². The summed E-state index contributed by atoms with van der Waals surface area (Å²) in [5.74, 6) is 1.45. The number of nitrogens with zero attached hydrogens (tertiary/aromatic N) is 2. The molecule has 4 nitrogen and oxygen atoms in total. The Hall–Kier alpha value is -1.06. The second-order valence-corrected chi connectivity index (χ2v) is 10.5. The van der Waals surface area contributed by atoms with Gasteiger partial charge in [-0.25, -0.2) is 0 Å². The molecule has 1 aliphatic heterocycles. The first-order valence-electron chi connectivity index (χ1n) is 15.3. The van der Waals surface area contributed by atoms with Gasteiger partial charge in [0.25, 0.3) is 0 Å². The number of carbonyl (C=O) groups is 1. The van der Waals surface area contributed by atoms with Crippen molar-refractivity contribution in [1.29, 1.82) is 0 Å². The standard InChI is InChI=1S/C30H59N3O/c1-4-7-9-11-13-15-17-18-20-22-24-29-31-26-27-33(29)28(6-3)32-30(34)25-23-21-19-16-14-12-10-8-5-2/h28H,4-27H2,1-3H3,(H,32,34). The minimum absolute atomic E-state index is 0.121. The van der Waals surface area contributed by atoms with E-state index < -0.39 is 0 Å². The highest BCUT2D eigenvalue weighted by molar-refractivity contribution is 5.85. The third kappa shape index (κ3) is 15.8. The number of unbranched alkanes of at least 4 members (excludes halogenated alkanes) is 17. The number of rotatable bonds is 24. The lowest BCUT2D eigenvalue weighted by atomic mass is 10.1. The summed E-state index contributed by atoms with van der Waals surface area (Å²) in [7, 11) is 0. The predicted molar refractivity (Wildman–Crippen MR) is 150 cm³/mol. The predicted octanol–water partition coefficient (Wildman–Crippen LogP) is 8.78. The molecule has 0 bridgehead atoms. The van der Waals surface area contributed by atoms with E-state index in [0.29, 0.717) is 6.42 Å². The topological polar surface area (TPSA) is 44.7 Å². The van der Waals surface area contributed by atoms with Crippen LogP contribution in [-0.2, 0) is 4.79 Å². The van der Waals surface area contributed by atoms with Gasteiger partial charge >= 0.3 is 0 Å². The van der Waals surface area contributed by atoms with Crippen LogP contribution in [0.1, 0.15) is 162 Å². The minimum atomic E-state index is 0.121. The number of amides is 1.